The van der Waals surface area contributed by atoms with Crippen LogP contribution in [-0.4, -0.2) is 29.5 Å². The fraction of sp³-hybridized carbons (Fsp3) is 0.190. The molecule has 0 aliphatic carbocycles. The molecule has 3 N–H and O–H groups in total. The van der Waals surface area contributed by atoms with Crippen LogP contribution in [-0.2, 0) is 13.0 Å². The first-order valence-electron chi connectivity index (χ1n) is 9.00. The minimum absolute atomic E-state index is 0.229. The van der Waals surface area contributed by atoms with Crippen LogP contribution in [0.2, 0.25) is 0 Å². The summed E-state index contributed by atoms with van der Waals surface area (Å²) in [5.74, 6) is 0.638. The van der Waals surface area contributed by atoms with Gasteiger partial charge in [0, 0.05) is 32.5 Å². The Morgan fingerprint density at radius 3 is 2.71 bits per heavy atom. The number of benzene rings is 1. The summed E-state index contributed by atoms with van der Waals surface area (Å²) < 4.78 is 13.3. The summed E-state index contributed by atoms with van der Waals surface area (Å²) in [4.78, 5) is 21.1. The Morgan fingerprint density at radius 1 is 1.11 bits per heavy atom. The molecule has 0 aliphatic heterocycles. The van der Waals surface area contributed by atoms with E-state index < -0.39 is 0 Å². The number of hydrogen-bond donors (Lipinski definition) is 3. The molecular formula is C21H22FN5O. The fourth-order valence-corrected chi connectivity index (χ4v) is 2.71. The smallest absolute Gasteiger partial charge is 0.255 e. The van der Waals surface area contributed by atoms with Crippen molar-refractivity contribution in [2.24, 2.45) is 0 Å². The van der Waals surface area contributed by atoms with Gasteiger partial charge < -0.3 is 16.0 Å². The first-order chi connectivity index (χ1) is 13.7. The molecule has 0 saturated heterocycles. The standard InChI is InChI=1S/C21H22FN5O/c1-23-19-8-7-18(21(28)26-14-16-5-3-10-24-13-16)20(27-19)25-11-9-15-4-2-6-17(22)12-15/h2-8,10,12-13H,9,11,14H2,1H3,(H,26,28)(H2,23,25,27). The van der Waals surface area contributed by atoms with Crippen molar-refractivity contribution in [1.82, 2.24) is 15.3 Å². The van der Waals surface area contributed by atoms with Crippen molar-refractivity contribution < 1.29 is 9.18 Å². The number of carbonyl (C=O) groups excluding carboxylic acids is 1. The molecule has 0 atom stereocenters. The van der Waals surface area contributed by atoms with E-state index in [1.165, 1.54) is 12.1 Å². The van der Waals surface area contributed by atoms with Crippen molar-refractivity contribution in [3.63, 3.8) is 0 Å². The normalized spacial score (nSPS) is 10.4. The van der Waals surface area contributed by atoms with Gasteiger partial charge in [-0.2, -0.15) is 0 Å². The van der Waals surface area contributed by atoms with Crippen LogP contribution in [0.1, 0.15) is 21.5 Å². The second-order valence-corrected chi connectivity index (χ2v) is 6.19. The Bertz CT molecular complexity index is 933. The third-order valence-electron chi connectivity index (χ3n) is 4.17. The molecular weight excluding hydrogens is 357 g/mol. The van der Waals surface area contributed by atoms with E-state index in [-0.39, 0.29) is 11.7 Å². The lowest BCUT2D eigenvalue weighted by Crippen LogP contribution is -2.25. The van der Waals surface area contributed by atoms with Gasteiger partial charge in [0.1, 0.15) is 17.5 Å². The summed E-state index contributed by atoms with van der Waals surface area (Å²) >= 11 is 0. The van der Waals surface area contributed by atoms with Gasteiger partial charge in [0.15, 0.2) is 0 Å². The molecule has 0 fully saturated rings. The lowest BCUT2D eigenvalue weighted by Gasteiger charge is -2.13. The predicted molar refractivity (Wildman–Crippen MR) is 108 cm³/mol. The number of nitrogens with one attached hydrogen (secondary N) is 3. The Balaban J connectivity index is 1.67. The van der Waals surface area contributed by atoms with E-state index >= 15 is 0 Å². The van der Waals surface area contributed by atoms with E-state index in [0.29, 0.717) is 36.7 Å². The van der Waals surface area contributed by atoms with E-state index in [4.69, 9.17) is 0 Å². The summed E-state index contributed by atoms with van der Waals surface area (Å²) in [6, 6.07) is 13.7. The molecule has 3 rings (SSSR count). The zero-order valence-electron chi connectivity index (χ0n) is 15.6. The summed E-state index contributed by atoms with van der Waals surface area (Å²) in [7, 11) is 1.76. The molecule has 144 valence electrons. The number of anilines is 2. The molecule has 0 radical (unpaired) electrons. The lowest BCUT2D eigenvalue weighted by molar-refractivity contribution is 0.0951. The molecule has 1 aromatic carbocycles. The van der Waals surface area contributed by atoms with Gasteiger partial charge in [-0.25, -0.2) is 9.37 Å². The second kappa shape index (κ2) is 9.45. The summed E-state index contributed by atoms with van der Waals surface area (Å²) in [5.41, 5.74) is 2.23. The van der Waals surface area contributed by atoms with E-state index in [1.807, 2.05) is 18.2 Å². The number of halogens is 1. The lowest BCUT2D eigenvalue weighted by atomic mass is 10.1. The van der Waals surface area contributed by atoms with Gasteiger partial charge in [-0.05, 0) is 47.9 Å². The molecule has 1 amide bonds. The third-order valence-corrected chi connectivity index (χ3v) is 4.17. The fourth-order valence-electron chi connectivity index (χ4n) is 2.71. The Hall–Kier alpha value is -3.48. The first kappa shape index (κ1) is 19.3. The van der Waals surface area contributed by atoms with Crippen LogP contribution in [0, 0.1) is 5.82 Å². The summed E-state index contributed by atoms with van der Waals surface area (Å²) in [5, 5.41) is 9.03. The molecule has 0 unspecified atom stereocenters. The van der Waals surface area contributed by atoms with Crippen LogP contribution in [0.5, 0.6) is 0 Å². The topological polar surface area (TPSA) is 78.9 Å². The number of carbonyl (C=O) groups is 1. The minimum atomic E-state index is -0.261. The summed E-state index contributed by atoms with van der Waals surface area (Å²) in [6.45, 7) is 0.899. The van der Waals surface area contributed by atoms with Crippen LogP contribution in [0.4, 0.5) is 16.0 Å². The van der Waals surface area contributed by atoms with Crippen molar-refractivity contribution in [3.05, 3.63) is 83.4 Å². The maximum atomic E-state index is 13.3. The van der Waals surface area contributed by atoms with Gasteiger partial charge in [-0.15, -0.1) is 0 Å². The maximum absolute atomic E-state index is 13.3. The van der Waals surface area contributed by atoms with Crippen molar-refractivity contribution >= 4 is 17.5 Å². The monoisotopic (exact) mass is 379 g/mol. The van der Waals surface area contributed by atoms with Gasteiger partial charge in [0.05, 0.1) is 5.56 Å². The molecule has 7 heteroatoms. The molecule has 6 nitrogen and oxygen atoms in total. The second-order valence-electron chi connectivity index (χ2n) is 6.19. The van der Waals surface area contributed by atoms with Gasteiger partial charge in [0.2, 0.25) is 0 Å². The highest BCUT2D eigenvalue weighted by molar-refractivity contribution is 5.99. The first-order valence-corrected chi connectivity index (χ1v) is 9.00. The quantitative estimate of drug-likeness (QED) is 0.560. The van der Waals surface area contributed by atoms with Gasteiger partial charge in [-0.3, -0.25) is 9.78 Å². The SMILES string of the molecule is CNc1ccc(C(=O)NCc2cccnc2)c(NCCc2cccc(F)c2)n1. The van der Waals surface area contributed by atoms with Gasteiger partial charge in [-0.1, -0.05) is 18.2 Å². The van der Waals surface area contributed by atoms with Crippen LogP contribution >= 0.6 is 0 Å². The molecule has 0 saturated carbocycles. The van der Waals surface area contributed by atoms with Crippen LogP contribution in [0.15, 0.2) is 60.9 Å². The molecule has 3 aromatic rings. The van der Waals surface area contributed by atoms with Crippen molar-refractivity contribution in [1.29, 1.82) is 0 Å². The molecule has 0 bridgehead atoms. The maximum Gasteiger partial charge on any atom is 0.255 e. The highest BCUT2D eigenvalue weighted by Gasteiger charge is 2.13. The zero-order valence-corrected chi connectivity index (χ0v) is 15.6. The Morgan fingerprint density at radius 2 is 1.96 bits per heavy atom. The van der Waals surface area contributed by atoms with Crippen LogP contribution < -0.4 is 16.0 Å². The minimum Gasteiger partial charge on any atom is -0.373 e. The molecule has 0 spiro atoms. The van der Waals surface area contributed by atoms with E-state index in [2.05, 4.69) is 25.9 Å². The zero-order chi connectivity index (χ0) is 19.8. The van der Waals surface area contributed by atoms with Crippen molar-refractivity contribution in [3.8, 4) is 0 Å². The highest BCUT2D eigenvalue weighted by Crippen LogP contribution is 2.17. The molecule has 28 heavy (non-hydrogen) atoms. The number of nitrogens with zero attached hydrogens (tertiary/aromatic N) is 2. The average Bonchev–Trinajstić information content (AvgIpc) is 2.73. The van der Waals surface area contributed by atoms with Crippen molar-refractivity contribution in [2.45, 2.75) is 13.0 Å². The van der Waals surface area contributed by atoms with Gasteiger partial charge >= 0.3 is 0 Å². The van der Waals surface area contributed by atoms with Gasteiger partial charge in [0.25, 0.3) is 5.91 Å². The highest BCUT2D eigenvalue weighted by atomic mass is 19.1. The molecule has 2 heterocycles. The number of pyridine rings is 2. The Kier molecular flexibility index (Phi) is 6.51. The number of amides is 1. The van der Waals surface area contributed by atoms with E-state index in [9.17, 15) is 9.18 Å². The molecule has 2 aromatic heterocycles. The van der Waals surface area contributed by atoms with Crippen LogP contribution in [0.25, 0.3) is 0 Å². The van der Waals surface area contributed by atoms with Crippen LogP contribution in [0.3, 0.4) is 0 Å². The largest absolute Gasteiger partial charge is 0.373 e. The number of rotatable bonds is 8. The van der Waals surface area contributed by atoms with Crippen molar-refractivity contribution in [2.75, 3.05) is 24.2 Å². The Labute approximate surface area is 163 Å². The average molecular weight is 379 g/mol. The number of hydrogen-bond acceptors (Lipinski definition) is 5. The number of aromatic nitrogens is 2. The third kappa shape index (κ3) is 5.26. The molecule has 0 aliphatic rings. The summed E-state index contributed by atoms with van der Waals surface area (Å²) in [6.07, 6.45) is 4.01. The van der Waals surface area contributed by atoms with E-state index in [1.54, 1.807) is 37.6 Å². The predicted octanol–water partition coefficient (Wildman–Crippen LogP) is 3.24. The van der Waals surface area contributed by atoms with E-state index in [0.717, 1.165) is 11.1 Å².